The predicted octanol–water partition coefficient (Wildman–Crippen LogP) is 1.54. The molecule has 1 saturated heterocycles. The summed E-state index contributed by atoms with van der Waals surface area (Å²) < 4.78 is 24.8. The van der Waals surface area contributed by atoms with Crippen molar-refractivity contribution in [3.8, 4) is 0 Å². The van der Waals surface area contributed by atoms with E-state index in [1.807, 2.05) is 4.90 Å². The molecule has 1 aliphatic heterocycles. The number of hydrogen-bond donors (Lipinski definition) is 1. The molecular weight excluding hydrogens is 273 g/mol. The van der Waals surface area contributed by atoms with Crippen LogP contribution in [0, 0.1) is 5.82 Å². The molecule has 21 heavy (non-hydrogen) atoms. The topological polar surface area (TPSA) is 46.6 Å². The monoisotopic (exact) mass is 295 g/mol. The van der Waals surface area contributed by atoms with Crippen LogP contribution in [0.1, 0.15) is 19.3 Å². The second kappa shape index (κ2) is 5.87. The number of nitrogens with one attached hydrogen (secondary N) is 1. The summed E-state index contributed by atoms with van der Waals surface area (Å²) in [4.78, 5) is 6.14. The van der Waals surface area contributed by atoms with Crippen molar-refractivity contribution < 1.29 is 13.9 Å². The Labute approximate surface area is 124 Å². The molecule has 2 aliphatic rings. The lowest BCUT2D eigenvalue weighted by Crippen LogP contribution is -2.63. The highest BCUT2D eigenvalue weighted by Crippen LogP contribution is 2.37. The minimum absolute atomic E-state index is 0.200. The Morgan fingerprint density at radius 2 is 2.19 bits per heavy atom. The minimum atomic E-state index is -0.496. The highest BCUT2D eigenvalue weighted by atomic mass is 19.1. The van der Waals surface area contributed by atoms with Crippen LogP contribution in [-0.4, -0.2) is 50.2 Å². The largest absolute Gasteiger partial charge is 0.353 e. The Morgan fingerprint density at radius 3 is 2.81 bits per heavy atom. The van der Waals surface area contributed by atoms with Gasteiger partial charge in [0, 0.05) is 46.0 Å². The van der Waals surface area contributed by atoms with Crippen LogP contribution < -0.4 is 10.2 Å². The molecule has 5 nitrogen and oxygen atoms in total. The molecule has 0 amide bonds. The van der Waals surface area contributed by atoms with Crippen molar-refractivity contribution >= 4 is 5.82 Å². The van der Waals surface area contributed by atoms with Gasteiger partial charge >= 0.3 is 0 Å². The van der Waals surface area contributed by atoms with Crippen molar-refractivity contribution in [3.63, 3.8) is 0 Å². The number of halogens is 1. The molecular formula is C15H22FN3O2. The van der Waals surface area contributed by atoms with Crippen molar-refractivity contribution in [2.24, 2.45) is 0 Å². The molecule has 6 heteroatoms. The van der Waals surface area contributed by atoms with E-state index in [-0.39, 0.29) is 11.9 Å². The molecule has 3 rings (SSSR count). The van der Waals surface area contributed by atoms with Gasteiger partial charge < -0.3 is 19.7 Å². The zero-order valence-electron chi connectivity index (χ0n) is 12.5. The molecule has 116 valence electrons. The second-order valence-corrected chi connectivity index (χ2v) is 5.72. The molecule has 0 aromatic carbocycles. The summed E-state index contributed by atoms with van der Waals surface area (Å²) in [7, 11) is 3.36. The molecule has 0 radical (unpaired) electrons. The van der Waals surface area contributed by atoms with Crippen molar-refractivity contribution in [1.82, 2.24) is 10.3 Å². The SMILES string of the molecule is COC1(OC)CCC1NC1CCN(c2ncccc2F)C1. The first-order valence-corrected chi connectivity index (χ1v) is 7.40. The maximum absolute atomic E-state index is 13.8. The van der Waals surface area contributed by atoms with E-state index in [2.05, 4.69) is 10.3 Å². The summed E-state index contributed by atoms with van der Waals surface area (Å²) in [6.45, 7) is 1.57. The average molecular weight is 295 g/mol. The molecule has 2 fully saturated rings. The molecule has 2 unspecified atom stereocenters. The van der Waals surface area contributed by atoms with Crippen LogP contribution in [0.15, 0.2) is 18.3 Å². The maximum atomic E-state index is 13.8. The van der Waals surface area contributed by atoms with Gasteiger partial charge in [-0.15, -0.1) is 0 Å². The van der Waals surface area contributed by atoms with Crippen LogP contribution in [0.2, 0.25) is 0 Å². The zero-order chi connectivity index (χ0) is 14.9. The maximum Gasteiger partial charge on any atom is 0.183 e. The van der Waals surface area contributed by atoms with E-state index in [0.29, 0.717) is 11.9 Å². The highest BCUT2D eigenvalue weighted by Gasteiger charge is 2.49. The van der Waals surface area contributed by atoms with E-state index < -0.39 is 5.79 Å². The fraction of sp³-hybridized carbons (Fsp3) is 0.667. The lowest BCUT2D eigenvalue weighted by Gasteiger charge is -2.48. The van der Waals surface area contributed by atoms with Crippen LogP contribution in [0.3, 0.4) is 0 Å². The van der Waals surface area contributed by atoms with Gasteiger partial charge in [-0.1, -0.05) is 0 Å². The lowest BCUT2D eigenvalue weighted by atomic mass is 9.84. The second-order valence-electron chi connectivity index (χ2n) is 5.72. The lowest BCUT2D eigenvalue weighted by molar-refractivity contribution is -0.269. The van der Waals surface area contributed by atoms with Crippen LogP contribution in [0.5, 0.6) is 0 Å². The van der Waals surface area contributed by atoms with Gasteiger partial charge in [0.1, 0.15) is 0 Å². The third-order valence-electron chi connectivity index (χ3n) is 4.67. The number of nitrogens with zero attached hydrogens (tertiary/aromatic N) is 2. The smallest absolute Gasteiger partial charge is 0.183 e. The third-order valence-corrected chi connectivity index (χ3v) is 4.67. The first-order chi connectivity index (χ1) is 10.2. The molecule has 0 bridgehead atoms. The summed E-state index contributed by atoms with van der Waals surface area (Å²) in [5.41, 5.74) is 0. The van der Waals surface area contributed by atoms with E-state index in [4.69, 9.17) is 9.47 Å². The number of anilines is 1. The Morgan fingerprint density at radius 1 is 1.38 bits per heavy atom. The van der Waals surface area contributed by atoms with Gasteiger partial charge in [-0.3, -0.25) is 0 Å². The molecule has 0 spiro atoms. The molecule has 2 atom stereocenters. The molecule has 1 N–H and O–H groups in total. The number of pyridine rings is 1. The average Bonchev–Trinajstić information content (AvgIpc) is 2.94. The molecule has 1 aromatic rings. The van der Waals surface area contributed by atoms with Crippen LogP contribution in [-0.2, 0) is 9.47 Å². The predicted molar refractivity (Wildman–Crippen MR) is 77.7 cm³/mol. The fourth-order valence-electron chi connectivity index (χ4n) is 3.29. The fourth-order valence-corrected chi connectivity index (χ4v) is 3.29. The molecule has 1 aliphatic carbocycles. The standard InChI is InChI=1S/C15H22FN3O2/c1-20-15(21-2)7-5-13(15)18-11-6-9-19(10-11)14-12(16)4-3-8-17-14/h3-4,8,11,13,18H,5-7,9-10H2,1-2H3. The van der Waals surface area contributed by atoms with Crippen molar-refractivity contribution in [3.05, 3.63) is 24.1 Å². The third kappa shape index (κ3) is 2.63. The number of methoxy groups -OCH3 is 2. The summed E-state index contributed by atoms with van der Waals surface area (Å²) >= 11 is 0. The van der Waals surface area contributed by atoms with E-state index in [1.54, 1.807) is 26.5 Å². The Bertz CT molecular complexity index is 490. The molecule has 1 aromatic heterocycles. The quantitative estimate of drug-likeness (QED) is 0.835. The van der Waals surface area contributed by atoms with Crippen LogP contribution >= 0.6 is 0 Å². The van der Waals surface area contributed by atoms with Crippen molar-refractivity contribution in [2.45, 2.75) is 37.1 Å². The molecule has 2 heterocycles. The first kappa shape index (κ1) is 14.7. The van der Waals surface area contributed by atoms with Gasteiger partial charge in [0.2, 0.25) is 0 Å². The Kier molecular flexibility index (Phi) is 4.10. The number of rotatable bonds is 5. The Balaban J connectivity index is 1.60. The van der Waals surface area contributed by atoms with Crippen LogP contribution in [0.4, 0.5) is 10.2 Å². The minimum Gasteiger partial charge on any atom is -0.353 e. The zero-order valence-corrected chi connectivity index (χ0v) is 12.5. The summed E-state index contributed by atoms with van der Waals surface area (Å²) in [6, 6.07) is 3.58. The summed E-state index contributed by atoms with van der Waals surface area (Å²) in [6.07, 6.45) is 4.54. The van der Waals surface area contributed by atoms with E-state index in [9.17, 15) is 4.39 Å². The van der Waals surface area contributed by atoms with Gasteiger partial charge in [0.05, 0.1) is 6.04 Å². The molecule has 1 saturated carbocycles. The van der Waals surface area contributed by atoms with E-state index in [0.717, 1.165) is 32.4 Å². The number of aromatic nitrogens is 1. The van der Waals surface area contributed by atoms with E-state index >= 15 is 0 Å². The van der Waals surface area contributed by atoms with Gasteiger partial charge in [0.25, 0.3) is 0 Å². The number of hydrogen-bond acceptors (Lipinski definition) is 5. The Hall–Kier alpha value is -1.24. The first-order valence-electron chi connectivity index (χ1n) is 7.40. The van der Waals surface area contributed by atoms with Gasteiger partial charge in [-0.2, -0.15) is 0 Å². The normalized spacial score (nSPS) is 27.7. The van der Waals surface area contributed by atoms with Gasteiger partial charge in [0.15, 0.2) is 17.4 Å². The van der Waals surface area contributed by atoms with E-state index in [1.165, 1.54) is 6.07 Å². The number of ether oxygens (including phenoxy) is 2. The van der Waals surface area contributed by atoms with Gasteiger partial charge in [-0.25, -0.2) is 9.37 Å². The van der Waals surface area contributed by atoms with Crippen molar-refractivity contribution in [1.29, 1.82) is 0 Å². The highest BCUT2D eigenvalue weighted by molar-refractivity contribution is 5.41. The summed E-state index contributed by atoms with van der Waals surface area (Å²) in [5.74, 6) is -0.311. The summed E-state index contributed by atoms with van der Waals surface area (Å²) in [5, 5.41) is 3.59. The van der Waals surface area contributed by atoms with Crippen LogP contribution in [0.25, 0.3) is 0 Å². The van der Waals surface area contributed by atoms with Crippen molar-refractivity contribution in [2.75, 3.05) is 32.2 Å². The van der Waals surface area contributed by atoms with Gasteiger partial charge in [-0.05, 0) is 25.0 Å².